The maximum atomic E-state index is 11.7. The molecule has 4 N–H and O–H groups in total. The first-order valence-electron chi connectivity index (χ1n) is 6.88. The minimum Gasteiger partial charge on any atom is -0.484 e. The molecule has 0 saturated carbocycles. The van der Waals surface area contributed by atoms with Crippen LogP contribution < -0.4 is 21.1 Å². The van der Waals surface area contributed by atoms with E-state index in [-0.39, 0.29) is 18.4 Å². The minimum absolute atomic E-state index is 0.0283. The van der Waals surface area contributed by atoms with Crippen LogP contribution in [0, 0.1) is 0 Å². The first kappa shape index (κ1) is 17.0. The van der Waals surface area contributed by atoms with Gasteiger partial charge in [-0.3, -0.25) is 9.59 Å². The fraction of sp³-hybridized carbons (Fsp3) is 0.467. The second-order valence-electron chi connectivity index (χ2n) is 5.29. The molecule has 2 amide bonds. The molecule has 6 heteroatoms. The first-order chi connectivity index (χ1) is 9.82. The van der Waals surface area contributed by atoms with E-state index in [0.29, 0.717) is 18.8 Å². The molecule has 1 rings (SSSR count). The van der Waals surface area contributed by atoms with Gasteiger partial charge in [0.25, 0.3) is 5.91 Å². The Labute approximate surface area is 125 Å². The van der Waals surface area contributed by atoms with Gasteiger partial charge in [-0.05, 0) is 38.5 Å². The zero-order chi connectivity index (χ0) is 15.9. The lowest BCUT2D eigenvalue weighted by molar-refractivity contribution is -0.125. The van der Waals surface area contributed by atoms with Crippen molar-refractivity contribution in [1.29, 1.82) is 0 Å². The van der Waals surface area contributed by atoms with Gasteiger partial charge in [0.1, 0.15) is 5.75 Å². The summed E-state index contributed by atoms with van der Waals surface area (Å²) < 4.78 is 5.39. The summed E-state index contributed by atoms with van der Waals surface area (Å²) in [5.41, 5.74) is 5.67. The molecule has 0 aliphatic rings. The lowest BCUT2D eigenvalue weighted by Gasteiger charge is -2.17. The van der Waals surface area contributed by atoms with Gasteiger partial charge in [-0.1, -0.05) is 12.1 Å². The van der Waals surface area contributed by atoms with Gasteiger partial charge in [0.05, 0.1) is 5.54 Å². The van der Waals surface area contributed by atoms with Crippen LogP contribution in [-0.4, -0.2) is 30.5 Å². The highest BCUT2D eigenvalue weighted by atomic mass is 16.5. The van der Waals surface area contributed by atoms with E-state index in [9.17, 15) is 9.59 Å². The molecule has 0 bridgehead atoms. The molecule has 0 atom stereocenters. The molecule has 21 heavy (non-hydrogen) atoms. The summed E-state index contributed by atoms with van der Waals surface area (Å²) in [6.07, 6.45) is 0. The van der Waals surface area contributed by atoms with Crippen LogP contribution in [0.25, 0.3) is 0 Å². The summed E-state index contributed by atoms with van der Waals surface area (Å²) in [6.45, 7) is 6.04. The molecule has 0 heterocycles. The van der Waals surface area contributed by atoms with Crippen molar-refractivity contribution in [1.82, 2.24) is 10.6 Å². The molecule has 6 nitrogen and oxygen atoms in total. The molecule has 1 aromatic rings. The number of carbonyl (C=O) groups excluding carboxylic acids is 2. The maximum absolute atomic E-state index is 11.7. The van der Waals surface area contributed by atoms with Crippen molar-refractivity contribution in [3.63, 3.8) is 0 Å². The van der Waals surface area contributed by atoms with Crippen molar-refractivity contribution in [2.45, 2.75) is 32.9 Å². The zero-order valence-electron chi connectivity index (χ0n) is 12.7. The van der Waals surface area contributed by atoms with E-state index in [1.54, 1.807) is 26.0 Å². The summed E-state index contributed by atoms with van der Waals surface area (Å²) in [5.74, 6) is 0.192. The van der Waals surface area contributed by atoms with E-state index < -0.39 is 5.54 Å². The Kier molecular flexibility index (Phi) is 6.17. The van der Waals surface area contributed by atoms with Crippen LogP contribution in [0.1, 0.15) is 26.3 Å². The molecule has 0 aliphatic heterocycles. The second-order valence-corrected chi connectivity index (χ2v) is 5.29. The Bertz CT molecular complexity index is 495. The number of likely N-dealkylation sites (N-methyl/N-ethyl adjacent to an activating group) is 1. The molecular weight excluding hydrogens is 270 g/mol. The van der Waals surface area contributed by atoms with Gasteiger partial charge < -0.3 is 21.1 Å². The fourth-order valence-corrected chi connectivity index (χ4v) is 1.55. The lowest BCUT2D eigenvalue weighted by Crippen LogP contribution is -2.48. The molecule has 0 radical (unpaired) electrons. The number of rotatable bonds is 7. The number of carbonyl (C=O) groups is 2. The van der Waals surface area contributed by atoms with E-state index in [2.05, 4.69) is 10.6 Å². The smallest absolute Gasteiger partial charge is 0.257 e. The Morgan fingerprint density at radius 2 is 2.00 bits per heavy atom. The molecule has 0 saturated heterocycles. The van der Waals surface area contributed by atoms with Crippen molar-refractivity contribution < 1.29 is 14.3 Å². The molecule has 0 unspecified atom stereocenters. The summed E-state index contributed by atoms with van der Waals surface area (Å²) in [6, 6.07) is 7.21. The first-order valence-corrected chi connectivity index (χ1v) is 6.88. The summed E-state index contributed by atoms with van der Waals surface area (Å²) in [5, 5.41) is 5.40. The van der Waals surface area contributed by atoms with Gasteiger partial charge in [0, 0.05) is 13.1 Å². The number of amides is 2. The van der Waals surface area contributed by atoms with E-state index in [1.165, 1.54) is 0 Å². The Morgan fingerprint density at radius 1 is 1.29 bits per heavy atom. The number of hydrogen-bond acceptors (Lipinski definition) is 4. The third-order valence-electron chi connectivity index (χ3n) is 2.68. The molecule has 0 fully saturated rings. The van der Waals surface area contributed by atoms with E-state index in [4.69, 9.17) is 10.5 Å². The monoisotopic (exact) mass is 293 g/mol. The van der Waals surface area contributed by atoms with Crippen molar-refractivity contribution in [3.8, 4) is 5.75 Å². The van der Waals surface area contributed by atoms with Crippen LogP contribution >= 0.6 is 0 Å². The van der Waals surface area contributed by atoms with Gasteiger partial charge >= 0.3 is 0 Å². The van der Waals surface area contributed by atoms with E-state index in [1.807, 2.05) is 19.1 Å². The highest BCUT2D eigenvalue weighted by Gasteiger charge is 2.21. The topological polar surface area (TPSA) is 93.5 Å². The van der Waals surface area contributed by atoms with Crippen molar-refractivity contribution in [2.75, 3.05) is 13.2 Å². The van der Waals surface area contributed by atoms with E-state index >= 15 is 0 Å². The number of benzene rings is 1. The molecule has 1 aromatic carbocycles. The van der Waals surface area contributed by atoms with Gasteiger partial charge in [-0.25, -0.2) is 0 Å². The summed E-state index contributed by atoms with van der Waals surface area (Å²) in [7, 11) is 0. The average molecular weight is 293 g/mol. The Hall–Kier alpha value is -2.08. The zero-order valence-corrected chi connectivity index (χ0v) is 12.7. The fourth-order valence-electron chi connectivity index (χ4n) is 1.55. The van der Waals surface area contributed by atoms with E-state index in [0.717, 1.165) is 5.56 Å². The molecular formula is C15H23N3O3. The quantitative estimate of drug-likeness (QED) is 0.684. The lowest BCUT2D eigenvalue weighted by atomic mass is 10.1. The third-order valence-corrected chi connectivity index (χ3v) is 2.68. The Balaban J connectivity index is 2.53. The predicted octanol–water partition coefficient (Wildman–Crippen LogP) is 0.555. The van der Waals surface area contributed by atoms with Gasteiger partial charge in [0.2, 0.25) is 5.91 Å². The van der Waals surface area contributed by atoms with Crippen LogP contribution in [0.2, 0.25) is 0 Å². The second kappa shape index (κ2) is 7.64. The van der Waals surface area contributed by atoms with Crippen LogP contribution in [0.15, 0.2) is 24.3 Å². The molecule has 116 valence electrons. The number of nitrogens with two attached hydrogens (primary N) is 1. The maximum Gasteiger partial charge on any atom is 0.257 e. The molecule has 0 aliphatic carbocycles. The van der Waals surface area contributed by atoms with Crippen molar-refractivity contribution in [3.05, 3.63) is 29.8 Å². The summed E-state index contributed by atoms with van der Waals surface area (Å²) >= 11 is 0. The van der Waals surface area contributed by atoms with Crippen LogP contribution in [0.3, 0.4) is 0 Å². The Morgan fingerprint density at radius 3 is 2.62 bits per heavy atom. The van der Waals surface area contributed by atoms with Crippen molar-refractivity contribution in [2.24, 2.45) is 5.73 Å². The standard InChI is InChI=1S/C15H23N3O3/c1-4-17-13(19)10-21-12-7-5-6-11(8-12)9-18-14(20)15(2,3)16/h5-8H,4,9-10,16H2,1-3H3,(H,17,19)(H,18,20). The van der Waals surface area contributed by atoms with Gasteiger partial charge in [0.15, 0.2) is 6.61 Å². The van der Waals surface area contributed by atoms with Crippen LogP contribution in [0.5, 0.6) is 5.75 Å². The predicted molar refractivity (Wildman–Crippen MR) is 80.7 cm³/mol. The number of nitrogens with one attached hydrogen (secondary N) is 2. The summed E-state index contributed by atoms with van der Waals surface area (Å²) in [4.78, 5) is 23.0. The van der Waals surface area contributed by atoms with Crippen LogP contribution in [0.4, 0.5) is 0 Å². The SMILES string of the molecule is CCNC(=O)COc1cccc(CNC(=O)C(C)(C)N)c1. The normalized spacial score (nSPS) is 10.9. The molecule has 0 aromatic heterocycles. The third kappa shape index (κ3) is 6.27. The largest absolute Gasteiger partial charge is 0.484 e. The highest BCUT2D eigenvalue weighted by molar-refractivity contribution is 5.85. The van der Waals surface area contributed by atoms with Gasteiger partial charge in [-0.15, -0.1) is 0 Å². The molecule has 0 spiro atoms. The highest BCUT2D eigenvalue weighted by Crippen LogP contribution is 2.13. The minimum atomic E-state index is -0.910. The average Bonchev–Trinajstić information content (AvgIpc) is 2.42. The van der Waals surface area contributed by atoms with Gasteiger partial charge in [-0.2, -0.15) is 0 Å². The number of hydrogen-bond donors (Lipinski definition) is 3. The van der Waals surface area contributed by atoms with Crippen LogP contribution in [-0.2, 0) is 16.1 Å². The number of ether oxygens (including phenoxy) is 1. The van der Waals surface area contributed by atoms with Crippen molar-refractivity contribution >= 4 is 11.8 Å².